The van der Waals surface area contributed by atoms with Crippen molar-refractivity contribution in [2.75, 3.05) is 6.54 Å². The molecule has 2 amide bonds. The van der Waals surface area contributed by atoms with Crippen molar-refractivity contribution in [1.82, 2.24) is 15.2 Å². The number of carbonyl (C=O) groups excluding carboxylic acids is 1. The first-order chi connectivity index (χ1) is 13.2. The Morgan fingerprint density at radius 3 is 2.81 bits per heavy atom. The number of hydrogen-bond donors (Lipinski definition) is 1. The third-order valence-corrected chi connectivity index (χ3v) is 5.32. The highest BCUT2D eigenvalue weighted by Crippen LogP contribution is 2.30. The number of nitrogens with one attached hydrogen (secondary N) is 1. The summed E-state index contributed by atoms with van der Waals surface area (Å²) < 4.78 is 5.91. The molecule has 2 unspecified atom stereocenters. The largest absolute Gasteiger partial charge is 0.459 e. The maximum absolute atomic E-state index is 13.1. The number of para-hydroxylation sites is 1. The van der Waals surface area contributed by atoms with Gasteiger partial charge in [0.1, 0.15) is 11.3 Å². The average Bonchev–Trinajstić information content (AvgIpc) is 2.98. The van der Waals surface area contributed by atoms with E-state index in [-0.39, 0.29) is 18.1 Å². The maximum atomic E-state index is 13.1. The number of furan rings is 1. The first kappa shape index (κ1) is 17.6. The van der Waals surface area contributed by atoms with Gasteiger partial charge in [0.2, 0.25) is 0 Å². The second kappa shape index (κ2) is 7.82. The monoisotopic (exact) mass is 363 g/mol. The lowest BCUT2D eigenvalue weighted by Gasteiger charge is -2.31. The third kappa shape index (κ3) is 3.82. The molecule has 4 rings (SSSR count). The van der Waals surface area contributed by atoms with Gasteiger partial charge in [-0.1, -0.05) is 31.0 Å². The van der Waals surface area contributed by atoms with Gasteiger partial charge in [0.25, 0.3) is 0 Å². The predicted molar refractivity (Wildman–Crippen MR) is 105 cm³/mol. The minimum Gasteiger partial charge on any atom is -0.459 e. The second-order valence-electron chi connectivity index (χ2n) is 7.20. The van der Waals surface area contributed by atoms with E-state index in [9.17, 15) is 4.79 Å². The van der Waals surface area contributed by atoms with Crippen LogP contribution >= 0.6 is 0 Å². The van der Waals surface area contributed by atoms with Crippen molar-refractivity contribution in [3.05, 3.63) is 66.2 Å². The van der Waals surface area contributed by atoms with Crippen LogP contribution in [0.2, 0.25) is 0 Å². The highest BCUT2D eigenvalue weighted by molar-refractivity contribution is 5.79. The Kier molecular flexibility index (Phi) is 5.10. The van der Waals surface area contributed by atoms with Crippen LogP contribution in [0.4, 0.5) is 4.79 Å². The molecule has 1 aliphatic heterocycles. The molecular weight excluding hydrogens is 338 g/mol. The van der Waals surface area contributed by atoms with Gasteiger partial charge < -0.3 is 14.6 Å². The quantitative estimate of drug-likeness (QED) is 0.694. The molecule has 0 radical (unpaired) electrons. The number of benzene rings is 1. The summed E-state index contributed by atoms with van der Waals surface area (Å²) in [5.74, 6) is 0.778. The van der Waals surface area contributed by atoms with E-state index in [4.69, 9.17) is 4.42 Å². The van der Waals surface area contributed by atoms with Gasteiger partial charge in [-0.25, -0.2) is 4.79 Å². The molecule has 2 aromatic heterocycles. The number of aromatic nitrogens is 1. The van der Waals surface area contributed by atoms with Crippen LogP contribution in [0.25, 0.3) is 11.0 Å². The van der Waals surface area contributed by atoms with Gasteiger partial charge in [-0.3, -0.25) is 4.98 Å². The van der Waals surface area contributed by atoms with Crippen LogP contribution in [0, 0.1) is 0 Å². The molecule has 5 nitrogen and oxygen atoms in total. The van der Waals surface area contributed by atoms with Crippen LogP contribution < -0.4 is 5.32 Å². The number of amides is 2. The highest BCUT2D eigenvalue weighted by atomic mass is 16.3. The number of fused-ring (bicyclic) bond motifs is 1. The summed E-state index contributed by atoms with van der Waals surface area (Å²) in [4.78, 5) is 19.2. The molecule has 3 aromatic rings. The molecule has 1 aromatic carbocycles. The van der Waals surface area contributed by atoms with Crippen LogP contribution in [0.1, 0.15) is 56.0 Å². The Balaban J connectivity index is 1.52. The van der Waals surface area contributed by atoms with E-state index in [1.807, 2.05) is 54.3 Å². The van der Waals surface area contributed by atoms with E-state index in [0.29, 0.717) is 0 Å². The smallest absolute Gasteiger partial charge is 0.318 e. The van der Waals surface area contributed by atoms with E-state index in [1.54, 1.807) is 12.4 Å². The summed E-state index contributed by atoms with van der Waals surface area (Å²) >= 11 is 0. The van der Waals surface area contributed by atoms with E-state index in [2.05, 4.69) is 10.3 Å². The van der Waals surface area contributed by atoms with Crippen LogP contribution in [-0.4, -0.2) is 22.5 Å². The number of nitrogens with zero attached hydrogens (tertiary/aromatic N) is 2. The Morgan fingerprint density at radius 2 is 2.00 bits per heavy atom. The summed E-state index contributed by atoms with van der Waals surface area (Å²) in [5.41, 5.74) is 2.00. The summed E-state index contributed by atoms with van der Waals surface area (Å²) in [5, 5.41) is 4.19. The zero-order chi connectivity index (χ0) is 18.6. The van der Waals surface area contributed by atoms with Crippen molar-refractivity contribution in [3.8, 4) is 0 Å². The van der Waals surface area contributed by atoms with Crippen molar-refractivity contribution in [3.63, 3.8) is 0 Å². The van der Waals surface area contributed by atoms with Crippen LogP contribution in [0.5, 0.6) is 0 Å². The van der Waals surface area contributed by atoms with Crippen molar-refractivity contribution in [2.45, 2.75) is 44.7 Å². The lowest BCUT2D eigenvalue weighted by Crippen LogP contribution is -2.43. The molecule has 0 aliphatic carbocycles. The zero-order valence-electron chi connectivity index (χ0n) is 15.6. The van der Waals surface area contributed by atoms with Crippen molar-refractivity contribution in [1.29, 1.82) is 0 Å². The number of pyridine rings is 1. The minimum atomic E-state index is -0.189. The topological polar surface area (TPSA) is 58.4 Å². The average molecular weight is 363 g/mol. The Labute approximate surface area is 159 Å². The molecule has 5 heteroatoms. The molecule has 0 bridgehead atoms. The van der Waals surface area contributed by atoms with Gasteiger partial charge in [-0.15, -0.1) is 0 Å². The molecule has 1 N–H and O–H groups in total. The molecule has 1 fully saturated rings. The van der Waals surface area contributed by atoms with Crippen molar-refractivity contribution >= 4 is 17.0 Å². The van der Waals surface area contributed by atoms with Gasteiger partial charge in [-0.2, -0.15) is 0 Å². The highest BCUT2D eigenvalue weighted by Gasteiger charge is 2.28. The Bertz CT molecular complexity index is 873. The van der Waals surface area contributed by atoms with E-state index in [1.165, 1.54) is 0 Å². The molecule has 1 aliphatic rings. The first-order valence-electron chi connectivity index (χ1n) is 9.68. The minimum absolute atomic E-state index is 0.0355. The Hall–Kier alpha value is -2.82. The van der Waals surface area contributed by atoms with Crippen LogP contribution in [0.15, 0.2) is 59.3 Å². The molecular formula is C22H25N3O2. The standard InChI is InChI=1S/C22H25N3O2/c1-16(21-15-18-7-4-5-9-20(18)27-21)24-22(26)25-14-6-2-3-8-19(25)17-10-12-23-13-11-17/h4-5,7,9-13,15-16,19H,2-3,6,8,14H2,1H3,(H,24,26). The molecule has 2 atom stereocenters. The van der Waals surface area contributed by atoms with Gasteiger partial charge in [0.05, 0.1) is 12.1 Å². The fourth-order valence-electron chi connectivity index (χ4n) is 3.84. The SMILES string of the molecule is CC(NC(=O)N1CCCCCC1c1ccncc1)c1cc2ccccc2o1. The third-order valence-electron chi connectivity index (χ3n) is 5.32. The van der Waals surface area contributed by atoms with Gasteiger partial charge in [0, 0.05) is 24.3 Å². The summed E-state index contributed by atoms with van der Waals surface area (Å²) in [6.07, 6.45) is 7.91. The van der Waals surface area contributed by atoms with E-state index < -0.39 is 0 Å². The molecule has 140 valence electrons. The molecule has 27 heavy (non-hydrogen) atoms. The number of urea groups is 1. The lowest BCUT2D eigenvalue weighted by molar-refractivity contribution is 0.171. The second-order valence-corrected chi connectivity index (χ2v) is 7.20. The fraction of sp³-hybridized carbons (Fsp3) is 0.364. The number of rotatable bonds is 3. The van der Waals surface area contributed by atoms with Gasteiger partial charge in [-0.05, 0) is 49.6 Å². The zero-order valence-corrected chi connectivity index (χ0v) is 15.6. The van der Waals surface area contributed by atoms with Gasteiger partial charge >= 0.3 is 6.03 Å². The van der Waals surface area contributed by atoms with Gasteiger partial charge in [0.15, 0.2) is 0 Å². The summed E-state index contributed by atoms with van der Waals surface area (Å²) in [6.45, 7) is 2.74. The molecule has 1 saturated heterocycles. The van der Waals surface area contributed by atoms with E-state index >= 15 is 0 Å². The number of hydrogen-bond acceptors (Lipinski definition) is 3. The van der Waals surface area contributed by atoms with Crippen LogP contribution in [0.3, 0.4) is 0 Å². The maximum Gasteiger partial charge on any atom is 0.318 e. The summed E-state index contributed by atoms with van der Waals surface area (Å²) in [7, 11) is 0. The molecule has 0 saturated carbocycles. The van der Waals surface area contributed by atoms with Crippen LogP contribution in [-0.2, 0) is 0 Å². The molecule has 0 spiro atoms. The molecule has 3 heterocycles. The van der Waals surface area contributed by atoms with E-state index in [0.717, 1.165) is 54.5 Å². The van der Waals surface area contributed by atoms with Crippen molar-refractivity contribution in [2.24, 2.45) is 0 Å². The van der Waals surface area contributed by atoms with Crippen molar-refractivity contribution < 1.29 is 9.21 Å². The fourth-order valence-corrected chi connectivity index (χ4v) is 3.84. The number of carbonyl (C=O) groups is 1. The summed E-state index contributed by atoms with van der Waals surface area (Å²) in [6, 6.07) is 13.8. The predicted octanol–water partition coefficient (Wildman–Crippen LogP) is 5.22. The normalized spacial score (nSPS) is 18.9. The lowest BCUT2D eigenvalue weighted by atomic mass is 10.0. The Morgan fingerprint density at radius 1 is 1.19 bits per heavy atom. The first-order valence-corrected chi connectivity index (χ1v) is 9.68. The number of likely N-dealkylation sites (tertiary alicyclic amines) is 1.